The Morgan fingerprint density at radius 2 is 1.90 bits per heavy atom. The van der Waals surface area contributed by atoms with Gasteiger partial charge in [0.15, 0.2) is 0 Å². The Bertz CT molecular complexity index is 1110. The topological polar surface area (TPSA) is 78.9 Å². The number of nitrogens with zero attached hydrogens (tertiary/aromatic N) is 5. The molecule has 4 aromatic rings. The van der Waals surface area contributed by atoms with E-state index < -0.39 is 11.7 Å². The second-order valence-electron chi connectivity index (χ2n) is 6.08. The number of benzene rings is 1. The Morgan fingerprint density at radius 1 is 1.10 bits per heavy atom. The van der Waals surface area contributed by atoms with Crippen molar-refractivity contribution in [2.24, 2.45) is 7.05 Å². The van der Waals surface area contributed by atoms with Crippen molar-refractivity contribution in [1.29, 1.82) is 0 Å². The maximum absolute atomic E-state index is 12.7. The lowest BCUT2D eigenvalue weighted by Gasteiger charge is -2.10. The van der Waals surface area contributed by atoms with Crippen molar-refractivity contribution < 1.29 is 22.4 Å². The molecular weight excluding hydrogens is 387 g/mol. The third-order valence-corrected chi connectivity index (χ3v) is 4.17. The number of halogens is 3. The van der Waals surface area contributed by atoms with Gasteiger partial charge in [-0.3, -0.25) is 9.67 Å². The second-order valence-corrected chi connectivity index (χ2v) is 6.08. The van der Waals surface area contributed by atoms with Gasteiger partial charge in [0.1, 0.15) is 18.1 Å². The average molecular weight is 401 g/mol. The molecule has 3 aromatic heterocycles. The van der Waals surface area contributed by atoms with Gasteiger partial charge in [-0.2, -0.15) is 23.3 Å². The molecule has 148 valence electrons. The lowest BCUT2D eigenvalue weighted by atomic mass is 10.2. The number of rotatable bonds is 5. The fraction of sp³-hybridized carbons (Fsp3) is 0.158. The van der Waals surface area contributed by atoms with E-state index in [0.29, 0.717) is 28.5 Å². The highest BCUT2D eigenvalue weighted by atomic mass is 19.4. The van der Waals surface area contributed by atoms with Gasteiger partial charge in [-0.25, -0.2) is 0 Å². The summed E-state index contributed by atoms with van der Waals surface area (Å²) in [6, 6.07) is 9.81. The zero-order valence-electron chi connectivity index (χ0n) is 15.1. The van der Waals surface area contributed by atoms with Crippen LogP contribution in [0.4, 0.5) is 13.2 Å². The van der Waals surface area contributed by atoms with Crippen molar-refractivity contribution in [3.8, 4) is 28.7 Å². The van der Waals surface area contributed by atoms with Gasteiger partial charge in [-0.1, -0.05) is 11.2 Å². The predicted molar refractivity (Wildman–Crippen MR) is 95.5 cm³/mol. The Labute approximate surface area is 162 Å². The first kappa shape index (κ1) is 18.7. The van der Waals surface area contributed by atoms with E-state index in [1.807, 2.05) is 0 Å². The Hall–Kier alpha value is -3.69. The van der Waals surface area contributed by atoms with Gasteiger partial charge in [0.25, 0.3) is 5.89 Å². The van der Waals surface area contributed by atoms with E-state index in [2.05, 4.69) is 20.2 Å². The van der Waals surface area contributed by atoms with Crippen molar-refractivity contribution in [2.75, 3.05) is 0 Å². The van der Waals surface area contributed by atoms with Crippen molar-refractivity contribution in [2.45, 2.75) is 12.8 Å². The van der Waals surface area contributed by atoms with Crippen LogP contribution in [0.2, 0.25) is 0 Å². The summed E-state index contributed by atoms with van der Waals surface area (Å²) in [4.78, 5) is 8.51. The van der Waals surface area contributed by atoms with Crippen molar-refractivity contribution >= 4 is 0 Å². The summed E-state index contributed by atoms with van der Waals surface area (Å²) >= 11 is 0. The highest BCUT2D eigenvalue weighted by Gasteiger charge is 2.30. The number of alkyl halides is 3. The molecule has 0 amide bonds. The minimum atomic E-state index is -4.39. The number of aromatic nitrogens is 5. The fourth-order valence-corrected chi connectivity index (χ4v) is 2.64. The predicted octanol–water partition coefficient (Wildman–Crippen LogP) is 4.13. The first-order valence-electron chi connectivity index (χ1n) is 8.48. The van der Waals surface area contributed by atoms with Crippen molar-refractivity contribution in [1.82, 2.24) is 24.9 Å². The summed E-state index contributed by atoms with van der Waals surface area (Å²) in [5.41, 5.74) is 1.03. The smallest absolute Gasteiger partial charge is 0.416 e. The molecule has 4 rings (SSSR count). The van der Waals surface area contributed by atoms with Crippen LogP contribution in [0.15, 0.2) is 59.4 Å². The van der Waals surface area contributed by atoms with Gasteiger partial charge in [0.05, 0.1) is 23.0 Å². The van der Waals surface area contributed by atoms with Crippen LogP contribution in [0.1, 0.15) is 11.3 Å². The number of pyridine rings is 1. The third kappa shape index (κ3) is 3.96. The van der Waals surface area contributed by atoms with Crippen LogP contribution in [-0.2, 0) is 19.8 Å². The first-order valence-corrected chi connectivity index (χ1v) is 8.48. The van der Waals surface area contributed by atoms with Gasteiger partial charge < -0.3 is 9.26 Å². The van der Waals surface area contributed by atoms with E-state index in [9.17, 15) is 13.2 Å². The third-order valence-electron chi connectivity index (χ3n) is 4.17. The fourth-order valence-electron chi connectivity index (χ4n) is 2.64. The second kappa shape index (κ2) is 7.38. The minimum Gasteiger partial charge on any atom is -0.487 e. The minimum absolute atomic E-state index is 0.0602. The molecule has 0 aliphatic rings. The normalized spacial score (nSPS) is 11.6. The molecule has 7 nitrogen and oxygen atoms in total. The molecule has 0 radical (unpaired) electrons. The molecular formula is C19H14F3N5O2. The van der Waals surface area contributed by atoms with Gasteiger partial charge in [-0.15, -0.1) is 0 Å². The standard InChI is InChI=1S/C19H14F3N5O2/c1-27-16(11-28-13-7-5-12(6-8-13)19(20,21)22)14(10-24-27)17-25-18(29-26-17)15-4-2-3-9-23-15/h2-10H,11H2,1H3. The van der Waals surface area contributed by atoms with Gasteiger partial charge in [0.2, 0.25) is 5.82 Å². The monoisotopic (exact) mass is 401 g/mol. The van der Waals surface area contributed by atoms with E-state index in [1.54, 1.807) is 42.3 Å². The quantitative estimate of drug-likeness (QED) is 0.500. The zero-order chi connectivity index (χ0) is 20.4. The molecule has 0 aliphatic carbocycles. The molecule has 0 unspecified atom stereocenters. The Balaban J connectivity index is 1.53. The summed E-state index contributed by atoms with van der Waals surface area (Å²) in [6.45, 7) is 0.0602. The number of ether oxygens (including phenoxy) is 1. The summed E-state index contributed by atoms with van der Waals surface area (Å²) in [5, 5.41) is 8.15. The Morgan fingerprint density at radius 3 is 2.59 bits per heavy atom. The lowest BCUT2D eigenvalue weighted by Crippen LogP contribution is -2.06. The number of aryl methyl sites for hydroxylation is 1. The lowest BCUT2D eigenvalue weighted by molar-refractivity contribution is -0.137. The van der Waals surface area contributed by atoms with Gasteiger partial charge in [0, 0.05) is 13.2 Å². The first-order chi connectivity index (χ1) is 13.9. The summed E-state index contributed by atoms with van der Waals surface area (Å²) < 4.78 is 50.5. The van der Waals surface area contributed by atoms with Crippen LogP contribution in [0.5, 0.6) is 5.75 Å². The van der Waals surface area contributed by atoms with E-state index in [4.69, 9.17) is 9.26 Å². The van der Waals surface area contributed by atoms with Crippen LogP contribution < -0.4 is 4.74 Å². The molecule has 0 atom stereocenters. The molecule has 0 aliphatic heterocycles. The molecule has 3 heterocycles. The highest BCUT2D eigenvalue weighted by Crippen LogP contribution is 2.31. The summed E-state index contributed by atoms with van der Waals surface area (Å²) in [5.74, 6) is 0.872. The van der Waals surface area contributed by atoms with Crippen molar-refractivity contribution in [3.05, 3.63) is 66.1 Å². The molecule has 0 saturated heterocycles. The molecule has 0 saturated carbocycles. The van der Waals surface area contributed by atoms with Crippen LogP contribution in [0.25, 0.3) is 23.0 Å². The van der Waals surface area contributed by atoms with Gasteiger partial charge in [-0.05, 0) is 36.4 Å². The van der Waals surface area contributed by atoms with Crippen LogP contribution in [0.3, 0.4) is 0 Å². The molecule has 1 aromatic carbocycles. The van der Waals surface area contributed by atoms with Crippen LogP contribution in [-0.4, -0.2) is 24.9 Å². The molecule has 0 fully saturated rings. The summed E-state index contributed by atoms with van der Waals surface area (Å²) in [6.07, 6.45) is -1.21. The highest BCUT2D eigenvalue weighted by molar-refractivity contribution is 5.59. The summed E-state index contributed by atoms with van der Waals surface area (Å²) in [7, 11) is 1.72. The molecule has 0 N–H and O–H groups in total. The molecule has 0 bridgehead atoms. The molecule has 10 heteroatoms. The maximum atomic E-state index is 12.7. The molecule has 0 spiro atoms. The van der Waals surface area contributed by atoms with Crippen molar-refractivity contribution in [3.63, 3.8) is 0 Å². The van der Waals surface area contributed by atoms with Crippen LogP contribution in [0, 0.1) is 0 Å². The van der Waals surface area contributed by atoms with E-state index in [0.717, 1.165) is 12.1 Å². The average Bonchev–Trinajstić information content (AvgIpc) is 3.33. The Kier molecular flexibility index (Phi) is 4.75. The van der Waals surface area contributed by atoms with E-state index in [-0.39, 0.29) is 12.5 Å². The van der Waals surface area contributed by atoms with Gasteiger partial charge >= 0.3 is 6.18 Å². The maximum Gasteiger partial charge on any atom is 0.416 e. The molecule has 29 heavy (non-hydrogen) atoms. The largest absolute Gasteiger partial charge is 0.487 e. The zero-order valence-corrected chi connectivity index (χ0v) is 15.1. The SMILES string of the molecule is Cn1ncc(-c2noc(-c3ccccn3)n2)c1COc1ccc(C(F)(F)F)cc1. The van der Waals surface area contributed by atoms with Crippen LogP contribution >= 0.6 is 0 Å². The van der Waals surface area contributed by atoms with E-state index >= 15 is 0 Å². The number of hydrogen-bond acceptors (Lipinski definition) is 6. The van der Waals surface area contributed by atoms with E-state index in [1.165, 1.54) is 12.1 Å². The number of hydrogen-bond donors (Lipinski definition) is 0.